The summed E-state index contributed by atoms with van der Waals surface area (Å²) in [6.07, 6.45) is -41.4. The van der Waals surface area contributed by atoms with Crippen LogP contribution in [0.4, 0.5) is 0 Å². The zero-order chi connectivity index (χ0) is 66.2. The Labute approximate surface area is 346 Å². The molecule has 4 atom stereocenters. The molecule has 0 saturated heterocycles. The number of thiophene rings is 1. The van der Waals surface area contributed by atoms with Crippen LogP contribution >= 0.6 is 11.3 Å². The Morgan fingerprint density at radius 1 is 0.592 bits per heavy atom. The van der Waals surface area contributed by atoms with Gasteiger partial charge in [-0.05, 0) is 82.1 Å². The molecule has 49 heavy (non-hydrogen) atoms. The second-order valence-corrected chi connectivity index (χ2v) is 11.1. The molecule has 2 fully saturated rings. The van der Waals surface area contributed by atoms with Crippen LogP contribution in [0.15, 0.2) is 115 Å². The standard InChI is InChI=1S/C45H41N3S/c1-4-16-30(17-5-1)33-22-10-12-24-35(33)42-36(28-29-40-43(42)38-26-14-15-27-39(38)49-40)34-23-11-13-25-37(34)45-41(31-18-6-2-7-19-31)44(46-48-47-45)32-20-8-3-9-21-32/h1,4-5,10-17,22-29,31-32H,2-3,6-9,18-21H2/i1D,2D2,3D2,4D,5D,6D2,7D2,8D2,9D2,10D,11D,12D,13D,14D,15D,16D,17D,18D,19D2,20D,21D2,22D,23D,24D,26D,27D,28D,29D,31D,32D. The minimum Gasteiger partial charge on any atom is -0.135 e. The zero-order valence-electron chi connectivity index (χ0n) is 62.5. The Balaban J connectivity index is 1.65. The summed E-state index contributed by atoms with van der Waals surface area (Å²) in [4.78, 5) is 0. The van der Waals surface area contributed by atoms with Gasteiger partial charge in [-0.3, -0.25) is 0 Å². The molecular weight excluding hydrogens is 615 g/mol. The molecule has 0 amide bonds. The first-order valence-corrected chi connectivity index (χ1v) is 15.1. The van der Waals surface area contributed by atoms with E-state index in [1.165, 1.54) is 0 Å². The highest BCUT2D eigenvalue weighted by atomic mass is 32.1. The number of hydrogen-bond donors (Lipinski definition) is 0. The van der Waals surface area contributed by atoms with Crippen molar-refractivity contribution in [2.24, 2.45) is 0 Å². The van der Waals surface area contributed by atoms with E-state index in [1.807, 2.05) is 0 Å². The molecule has 3 nitrogen and oxygen atoms in total. The lowest BCUT2D eigenvalue weighted by Gasteiger charge is -2.29. The monoisotopic (exact) mass is 694 g/mol. The molecule has 5 aromatic carbocycles. The van der Waals surface area contributed by atoms with Gasteiger partial charge in [0.15, 0.2) is 0 Å². The summed E-state index contributed by atoms with van der Waals surface area (Å²) in [6.45, 7) is 0. The summed E-state index contributed by atoms with van der Waals surface area (Å²) in [5.41, 5.74) is -13.3. The van der Waals surface area contributed by atoms with E-state index in [0.717, 1.165) is 0 Å². The summed E-state index contributed by atoms with van der Waals surface area (Å²) in [6, 6.07) is -19.8. The van der Waals surface area contributed by atoms with Crippen LogP contribution in [-0.4, -0.2) is 15.4 Å². The molecule has 0 aliphatic heterocycles. The topological polar surface area (TPSA) is 38.7 Å². The Morgan fingerprint density at radius 2 is 1.31 bits per heavy atom. The lowest BCUT2D eigenvalue weighted by Crippen LogP contribution is -2.17. The Morgan fingerprint density at radius 3 is 2.18 bits per heavy atom. The van der Waals surface area contributed by atoms with Gasteiger partial charge in [-0.1, -0.05) is 141 Å². The van der Waals surface area contributed by atoms with Crippen LogP contribution in [0.3, 0.4) is 0 Å². The van der Waals surface area contributed by atoms with Crippen molar-refractivity contribution in [1.82, 2.24) is 15.4 Å². The number of fused-ring (bicyclic) bond motifs is 3. The van der Waals surface area contributed by atoms with Crippen LogP contribution in [0.1, 0.15) is 139 Å². The first kappa shape index (κ1) is 10.2. The molecule has 242 valence electrons. The molecule has 7 aromatic rings. The van der Waals surface area contributed by atoms with Crippen LogP contribution in [0, 0.1) is 0 Å². The van der Waals surface area contributed by atoms with Gasteiger partial charge < -0.3 is 0 Å². The van der Waals surface area contributed by atoms with Crippen molar-refractivity contribution in [2.75, 3.05) is 0 Å². The third kappa shape index (κ3) is 5.56. The van der Waals surface area contributed by atoms with Crippen LogP contribution in [0.25, 0.3) is 64.8 Å². The number of aromatic nitrogens is 3. The lowest BCUT2D eigenvalue weighted by atomic mass is 9.76. The van der Waals surface area contributed by atoms with E-state index in [4.69, 9.17) is 32.9 Å². The van der Waals surface area contributed by atoms with Gasteiger partial charge in [0.05, 0.1) is 30.4 Å². The summed E-state index contributed by atoms with van der Waals surface area (Å²) in [5.74, 6) is -8.81. The number of benzene rings is 5. The fourth-order valence-corrected chi connectivity index (χ4v) is 6.43. The van der Waals surface area contributed by atoms with E-state index in [-0.39, 0.29) is 0 Å². The summed E-state index contributed by atoms with van der Waals surface area (Å²) < 4.78 is 345. The number of rotatable bonds is 6. The van der Waals surface area contributed by atoms with E-state index in [2.05, 4.69) is 15.4 Å². The van der Waals surface area contributed by atoms with Crippen molar-refractivity contribution in [1.29, 1.82) is 0 Å². The molecule has 2 aliphatic carbocycles. The van der Waals surface area contributed by atoms with Crippen molar-refractivity contribution in [2.45, 2.75) is 75.6 Å². The second-order valence-electron chi connectivity index (χ2n) is 10.1. The normalized spacial score (nSPS) is 43.6. The molecule has 4 heteroatoms. The minimum atomic E-state index is -4.55. The van der Waals surface area contributed by atoms with Gasteiger partial charge >= 0.3 is 0 Å². The highest BCUT2D eigenvalue weighted by Gasteiger charge is 2.31. The second kappa shape index (κ2) is 13.3. The third-order valence-corrected chi connectivity index (χ3v) is 8.48. The third-order valence-electron chi connectivity index (χ3n) is 7.46. The molecule has 0 bridgehead atoms. The van der Waals surface area contributed by atoms with Crippen LogP contribution in [0.2, 0.25) is 0 Å². The Hall–Kier alpha value is -4.67. The van der Waals surface area contributed by atoms with Crippen molar-refractivity contribution < 1.29 is 52.1 Å². The molecule has 9 rings (SSSR count). The van der Waals surface area contributed by atoms with Crippen molar-refractivity contribution >= 4 is 31.5 Å². The maximum atomic E-state index is 10.2. The van der Waals surface area contributed by atoms with Gasteiger partial charge in [-0.2, -0.15) is 0 Å². The van der Waals surface area contributed by atoms with E-state index in [9.17, 15) is 19.2 Å². The van der Waals surface area contributed by atoms with E-state index < -0.39 is 260 Å². The van der Waals surface area contributed by atoms with E-state index in [0.29, 0.717) is 17.4 Å². The Kier molecular flexibility index (Phi) is 2.77. The van der Waals surface area contributed by atoms with Gasteiger partial charge in [0.1, 0.15) is 5.69 Å². The quantitative estimate of drug-likeness (QED) is 0.174. The molecule has 0 N–H and O–H groups in total. The first-order chi connectivity index (χ1) is 39.4. The predicted molar refractivity (Wildman–Crippen MR) is 206 cm³/mol. The van der Waals surface area contributed by atoms with Gasteiger partial charge in [-0.15, -0.1) is 21.5 Å². The van der Waals surface area contributed by atoms with E-state index in [1.54, 1.807) is 0 Å². The van der Waals surface area contributed by atoms with Gasteiger partial charge in [-0.25, -0.2) is 0 Å². The maximum absolute atomic E-state index is 10.2. The molecule has 2 aromatic heterocycles. The average molecular weight is 694 g/mol. The molecule has 4 unspecified atom stereocenters. The highest BCUT2D eigenvalue weighted by Crippen LogP contribution is 2.50. The fraction of sp³-hybridized carbons (Fsp3) is 0.267. The van der Waals surface area contributed by atoms with Crippen LogP contribution in [0.5, 0.6) is 0 Å². The largest absolute Gasteiger partial charge is 0.135 e. The molecule has 0 spiro atoms. The van der Waals surface area contributed by atoms with Gasteiger partial charge in [0.2, 0.25) is 0 Å². The van der Waals surface area contributed by atoms with Crippen LogP contribution in [-0.2, 0) is 0 Å². The zero-order valence-corrected chi connectivity index (χ0v) is 25.3. The average Bonchev–Trinajstić information content (AvgIpc) is 1.06. The van der Waals surface area contributed by atoms with Crippen molar-refractivity contribution in [3.63, 3.8) is 0 Å². The number of hydrogen-bond acceptors (Lipinski definition) is 4. The van der Waals surface area contributed by atoms with Crippen molar-refractivity contribution in [3.8, 4) is 44.6 Å². The fourth-order valence-electron chi connectivity index (χ4n) is 5.46. The minimum absolute atomic E-state index is 0.393. The van der Waals surface area contributed by atoms with Gasteiger partial charge in [0.25, 0.3) is 0 Å². The summed E-state index contributed by atoms with van der Waals surface area (Å²) in [5, 5.41) is 9.66. The van der Waals surface area contributed by atoms with E-state index >= 15 is 0 Å². The maximum Gasteiger partial charge on any atom is 0.101 e. The first-order valence-electron chi connectivity index (χ1n) is 33.4. The summed E-state index contributed by atoms with van der Waals surface area (Å²) in [7, 11) is 0. The predicted octanol–water partition coefficient (Wildman–Crippen LogP) is 13.0. The molecule has 0 radical (unpaired) electrons. The Bertz CT molecular complexity index is 4180. The lowest BCUT2D eigenvalue weighted by molar-refractivity contribution is 0.408. The molecule has 2 heterocycles. The summed E-state index contributed by atoms with van der Waals surface area (Å²) >= 11 is 0.393. The number of nitrogens with zero attached hydrogens (tertiary/aromatic N) is 3. The van der Waals surface area contributed by atoms with Crippen LogP contribution < -0.4 is 0 Å². The smallest absolute Gasteiger partial charge is 0.101 e. The molecule has 2 aliphatic rings. The van der Waals surface area contributed by atoms with Crippen molar-refractivity contribution in [3.05, 3.63) is 126 Å². The molecule has 2 saturated carbocycles. The SMILES string of the molecule is [2H]c1cc(-c2nnnc(C3([2H])C([2H])C([2H])([2H])C([2H])([2H])C([2H])([2H])C3([2H])[2H])c2C2([2H])C([2H])C([2H])([2H])C([2H])([2H])C([2H])([2H])C2([2H])[2H])c(-c2c([2H])c([2H])c3sc4c([2H])c([2H])c([2H])c([2H])c4c3c2-c2c([2H])c([2H])c([2H])c([2H])c2-c2c([2H])c([2H])c([2H])c([2H])c2[2H])c([2H])c1[2H]. The highest BCUT2D eigenvalue weighted by molar-refractivity contribution is 7.26. The van der Waals surface area contributed by atoms with Gasteiger partial charge in [0, 0.05) is 64.6 Å². The molecular formula is C45H41N3S.